The molecule has 4 amide bonds. The standard InChI is InChI=1S/C19H17ClN4O4S2/c1-12-14(23-30(27,28)17-11-10-16(20)29-17)8-5-9-15(12)24(18(21)25)19(26)22-13-6-3-2-4-7-13/h2-11,23H,1H3,(H2,21,25)(H,22,26). The first-order valence-electron chi connectivity index (χ1n) is 8.52. The lowest BCUT2D eigenvalue weighted by Crippen LogP contribution is -2.44. The zero-order valence-corrected chi connectivity index (χ0v) is 18.0. The predicted molar refractivity (Wildman–Crippen MR) is 119 cm³/mol. The first-order chi connectivity index (χ1) is 14.2. The van der Waals surface area contributed by atoms with Gasteiger partial charge in [0.2, 0.25) is 0 Å². The Bertz CT molecular complexity index is 1200. The lowest BCUT2D eigenvalue weighted by Gasteiger charge is -2.22. The summed E-state index contributed by atoms with van der Waals surface area (Å²) >= 11 is 6.74. The molecule has 3 aromatic rings. The lowest BCUT2D eigenvalue weighted by molar-refractivity contribution is 0.244. The third-order valence-corrected chi connectivity index (χ3v) is 7.14. The van der Waals surface area contributed by atoms with Gasteiger partial charge in [-0.3, -0.25) is 4.72 Å². The highest BCUT2D eigenvalue weighted by Crippen LogP contribution is 2.31. The first-order valence-corrected chi connectivity index (χ1v) is 11.2. The molecular formula is C19H17ClN4O4S2. The summed E-state index contributed by atoms with van der Waals surface area (Å²) < 4.78 is 28.0. The lowest BCUT2D eigenvalue weighted by atomic mass is 10.1. The number of urea groups is 2. The number of thiophene rings is 1. The molecule has 0 atom stereocenters. The zero-order chi connectivity index (χ0) is 21.9. The fraction of sp³-hybridized carbons (Fsp3) is 0.0526. The van der Waals surface area contributed by atoms with Gasteiger partial charge in [0.25, 0.3) is 10.0 Å². The fourth-order valence-corrected chi connectivity index (χ4v) is 5.25. The molecule has 0 aliphatic heterocycles. The van der Waals surface area contributed by atoms with Gasteiger partial charge < -0.3 is 11.1 Å². The van der Waals surface area contributed by atoms with Crippen LogP contribution in [0.25, 0.3) is 0 Å². The molecule has 0 spiro atoms. The van der Waals surface area contributed by atoms with Crippen LogP contribution in [-0.2, 0) is 10.0 Å². The third-order valence-electron chi connectivity index (χ3n) is 4.05. The number of nitrogens with zero attached hydrogens (tertiary/aromatic N) is 1. The van der Waals surface area contributed by atoms with Crippen molar-refractivity contribution >= 4 is 62.1 Å². The number of anilines is 3. The number of rotatable bonds is 5. The second kappa shape index (κ2) is 8.74. The van der Waals surface area contributed by atoms with Crippen molar-refractivity contribution in [1.82, 2.24) is 0 Å². The van der Waals surface area contributed by atoms with Gasteiger partial charge in [0.1, 0.15) is 4.21 Å². The van der Waals surface area contributed by atoms with Crippen LogP contribution in [0.15, 0.2) is 64.9 Å². The number of halogens is 1. The van der Waals surface area contributed by atoms with Crippen molar-refractivity contribution in [2.45, 2.75) is 11.1 Å². The summed E-state index contributed by atoms with van der Waals surface area (Å²) in [6.45, 7) is 1.57. The van der Waals surface area contributed by atoms with Crippen LogP contribution in [0.2, 0.25) is 4.34 Å². The van der Waals surface area contributed by atoms with Crippen LogP contribution in [0, 0.1) is 6.92 Å². The predicted octanol–water partition coefficient (Wildman–Crippen LogP) is 4.63. The van der Waals surface area contributed by atoms with Crippen LogP contribution in [0.5, 0.6) is 0 Å². The number of nitrogens with one attached hydrogen (secondary N) is 2. The number of carbonyl (C=O) groups is 2. The van der Waals surface area contributed by atoms with Crippen LogP contribution in [-0.4, -0.2) is 20.5 Å². The molecule has 156 valence electrons. The minimum absolute atomic E-state index is 0.0332. The van der Waals surface area contributed by atoms with E-state index in [1.165, 1.54) is 30.3 Å². The van der Waals surface area contributed by atoms with Crippen molar-refractivity contribution in [3.63, 3.8) is 0 Å². The van der Waals surface area contributed by atoms with Crippen molar-refractivity contribution in [3.05, 3.63) is 70.6 Å². The molecule has 0 radical (unpaired) electrons. The largest absolute Gasteiger partial charge is 0.351 e. The number of carbonyl (C=O) groups excluding carboxylic acids is 2. The number of amides is 4. The van der Waals surface area contributed by atoms with E-state index >= 15 is 0 Å². The van der Waals surface area contributed by atoms with E-state index in [1.807, 2.05) is 0 Å². The maximum absolute atomic E-state index is 12.7. The van der Waals surface area contributed by atoms with E-state index < -0.39 is 22.1 Å². The molecule has 1 aromatic heterocycles. The van der Waals surface area contributed by atoms with Crippen molar-refractivity contribution in [3.8, 4) is 0 Å². The Kier molecular flexibility index (Phi) is 6.30. The molecule has 0 saturated carbocycles. The van der Waals surface area contributed by atoms with E-state index in [0.717, 1.165) is 16.2 Å². The van der Waals surface area contributed by atoms with E-state index in [9.17, 15) is 18.0 Å². The second-order valence-corrected chi connectivity index (χ2v) is 9.71. The maximum Gasteiger partial charge on any atom is 0.334 e. The van der Waals surface area contributed by atoms with Crippen molar-refractivity contribution in [2.24, 2.45) is 5.73 Å². The minimum atomic E-state index is -3.90. The summed E-state index contributed by atoms with van der Waals surface area (Å²) in [5, 5.41) is 2.58. The summed E-state index contributed by atoms with van der Waals surface area (Å²) in [5.74, 6) is 0. The topological polar surface area (TPSA) is 122 Å². The first kappa shape index (κ1) is 21.6. The summed E-state index contributed by atoms with van der Waals surface area (Å²) in [4.78, 5) is 25.5. The van der Waals surface area contributed by atoms with Crippen molar-refractivity contribution < 1.29 is 18.0 Å². The van der Waals surface area contributed by atoms with Crippen LogP contribution in [0.4, 0.5) is 26.7 Å². The van der Waals surface area contributed by atoms with Crippen molar-refractivity contribution in [2.75, 3.05) is 14.9 Å². The Labute approximate surface area is 182 Å². The Morgan fingerprint density at radius 3 is 2.33 bits per heavy atom. The molecule has 0 bridgehead atoms. The third kappa shape index (κ3) is 4.73. The maximum atomic E-state index is 12.7. The summed E-state index contributed by atoms with van der Waals surface area (Å²) in [5.41, 5.74) is 6.58. The minimum Gasteiger partial charge on any atom is -0.351 e. The quantitative estimate of drug-likeness (QED) is 0.509. The molecule has 4 N–H and O–H groups in total. The van der Waals surface area contributed by atoms with Crippen LogP contribution in [0.3, 0.4) is 0 Å². The molecule has 0 saturated heterocycles. The van der Waals surface area contributed by atoms with Gasteiger partial charge in [-0.05, 0) is 48.9 Å². The number of para-hydroxylation sites is 1. The number of hydrogen-bond donors (Lipinski definition) is 3. The molecule has 11 heteroatoms. The van der Waals surface area contributed by atoms with Gasteiger partial charge in [-0.15, -0.1) is 11.3 Å². The molecule has 0 aliphatic rings. The Morgan fingerprint density at radius 1 is 1.03 bits per heavy atom. The van der Waals surface area contributed by atoms with E-state index in [4.69, 9.17) is 17.3 Å². The SMILES string of the molecule is Cc1c(NS(=O)(=O)c2ccc(Cl)s2)cccc1N(C(N)=O)C(=O)Nc1ccccc1. The Balaban J connectivity index is 1.93. The summed E-state index contributed by atoms with van der Waals surface area (Å²) in [7, 11) is -3.90. The van der Waals surface area contributed by atoms with Gasteiger partial charge >= 0.3 is 12.1 Å². The zero-order valence-electron chi connectivity index (χ0n) is 15.6. The molecule has 8 nitrogen and oxygen atoms in total. The summed E-state index contributed by atoms with van der Waals surface area (Å²) in [6, 6.07) is 14.1. The van der Waals surface area contributed by atoms with Crippen LogP contribution >= 0.6 is 22.9 Å². The Hall–Kier alpha value is -3.08. The molecule has 30 heavy (non-hydrogen) atoms. The molecule has 3 rings (SSSR count). The normalized spacial score (nSPS) is 11.0. The highest BCUT2D eigenvalue weighted by molar-refractivity contribution is 7.94. The van der Waals surface area contributed by atoms with Crippen molar-refractivity contribution in [1.29, 1.82) is 0 Å². The van der Waals surface area contributed by atoms with Crippen LogP contribution < -0.4 is 20.7 Å². The highest BCUT2D eigenvalue weighted by atomic mass is 35.5. The molecule has 1 heterocycles. The fourth-order valence-electron chi connectivity index (χ4n) is 2.64. The number of imide groups is 1. The van der Waals surface area contributed by atoms with Gasteiger partial charge in [-0.25, -0.2) is 22.9 Å². The highest BCUT2D eigenvalue weighted by Gasteiger charge is 2.25. The Morgan fingerprint density at radius 2 is 1.73 bits per heavy atom. The van der Waals surface area contributed by atoms with Gasteiger partial charge in [0.15, 0.2) is 0 Å². The van der Waals surface area contributed by atoms with E-state index in [2.05, 4.69) is 10.0 Å². The van der Waals surface area contributed by atoms with Gasteiger partial charge in [0, 0.05) is 5.69 Å². The van der Waals surface area contributed by atoms with E-state index in [0.29, 0.717) is 15.6 Å². The average Bonchev–Trinajstić information content (AvgIpc) is 3.13. The number of sulfonamides is 1. The van der Waals surface area contributed by atoms with Gasteiger partial charge in [0.05, 0.1) is 15.7 Å². The number of nitrogens with two attached hydrogens (primary N) is 1. The molecule has 0 aliphatic carbocycles. The van der Waals surface area contributed by atoms with Crippen LogP contribution in [0.1, 0.15) is 5.56 Å². The second-order valence-electron chi connectivity index (χ2n) is 6.08. The molecule has 0 unspecified atom stereocenters. The number of primary amides is 1. The smallest absolute Gasteiger partial charge is 0.334 e. The average molecular weight is 465 g/mol. The van der Waals surface area contributed by atoms with E-state index in [-0.39, 0.29) is 15.6 Å². The summed E-state index contributed by atoms with van der Waals surface area (Å²) in [6.07, 6.45) is 0. The van der Waals surface area contributed by atoms with Gasteiger partial charge in [-0.1, -0.05) is 35.9 Å². The number of benzene rings is 2. The molecular weight excluding hydrogens is 448 g/mol. The molecule has 2 aromatic carbocycles. The van der Waals surface area contributed by atoms with Gasteiger partial charge in [-0.2, -0.15) is 0 Å². The monoisotopic (exact) mass is 464 g/mol. The number of hydrogen-bond acceptors (Lipinski definition) is 5. The molecule has 0 fully saturated rings. The van der Waals surface area contributed by atoms with E-state index in [1.54, 1.807) is 37.3 Å².